The largest absolute Gasteiger partial charge is 0.480 e. The first kappa shape index (κ1) is 7.61. The molecule has 1 radical (unpaired) electrons. The van der Waals surface area contributed by atoms with Gasteiger partial charge in [0.05, 0.1) is 7.11 Å². The summed E-state index contributed by atoms with van der Waals surface area (Å²) in [5, 5.41) is 12.4. The topological polar surface area (TPSA) is 50.8 Å². The van der Waals surface area contributed by atoms with E-state index in [1.165, 1.54) is 7.11 Å². The molecule has 0 atom stereocenters. The van der Waals surface area contributed by atoms with Gasteiger partial charge < -0.3 is 4.74 Å². The Balaban J connectivity index is 3.12. The Morgan fingerprint density at radius 3 is 3.00 bits per heavy atom. The number of nitriles is 1. The Morgan fingerprint density at radius 2 is 2.55 bits per heavy atom. The van der Waals surface area contributed by atoms with E-state index in [0.29, 0.717) is 18.0 Å². The van der Waals surface area contributed by atoms with Gasteiger partial charge in [-0.1, -0.05) is 0 Å². The highest BCUT2D eigenvalue weighted by molar-refractivity contribution is 5.35. The summed E-state index contributed by atoms with van der Waals surface area (Å²) in [4.78, 5) is 0. The number of methoxy groups -OCH3 is 1. The standard InChI is InChI=1S/C7H8N3O/c1-3-10-7(11-2)6(4-8)5-9-10/h3H2,1-2H3. The minimum Gasteiger partial charge on any atom is -0.480 e. The number of ether oxygens (including phenoxy) is 1. The number of aryl methyl sites for hydroxylation is 1. The molecule has 0 bridgehead atoms. The van der Waals surface area contributed by atoms with Crippen molar-refractivity contribution >= 4 is 0 Å². The van der Waals surface area contributed by atoms with Crippen LogP contribution in [0.1, 0.15) is 12.5 Å². The molecule has 0 aliphatic rings. The molecule has 0 unspecified atom stereocenters. The van der Waals surface area contributed by atoms with Gasteiger partial charge in [0.25, 0.3) is 0 Å². The zero-order chi connectivity index (χ0) is 8.27. The summed E-state index contributed by atoms with van der Waals surface area (Å²) in [5.74, 6) is 0.481. The van der Waals surface area contributed by atoms with Gasteiger partial charge in [-0.3, -0.25) is 0 Å². The molecule has 0 amide bonds. The average molecular weight is 150 g/mol. The third kappa shape index (κ3) is 1.17. The molecule has 0 aliphatic heterocycles. The number of nitrogens with zero attached hydrogens (tertiary/aromatic N) is 3. The molecule has 0 aromatic carbocycles. The molecule has 4 nitrogen and oxygen atoms in total. The first-order valence-corrected chi connectivity index (χ1v) is 3.26. The van der Waals surface area contributed by atoms with Crippen LogP contribution in [-0.2, 0) is 6.54 Å². The van der Waals surface area contributed by atoms with Crippen LogP contribution in [-0.4, -0.2) is 16.9 Å². The van der Waals surface area contributed by atoms with Crippen LogP contribution in [0.2, 0.25) is 0 Å². The van der Waals surface area contributed by atoms with Crippen LogP contribution in [0, 0.1) is 17.5 Å². The Morgan fingerprint density at radius 1 is 1.82 bits per heavy atom. The Labute approximate surface area is 65.0 Å². The maximum Gasteiger partial charge on any atom is 0.230 e. The van der Waals surface area contributed by atoms with Crippen molar-refractivity contribution in [3.05, 3.63) is 11.8 Å². The van der Waals surface area contributed by atoms with Crippen molar-refractivity contribution in [2.24, 2.45) is 0 Å². The van der Waals surface area contributed by atoms with Crippen molar-refractivity contribution in [3.8, 4) is 11.9 Å². The SMILES string of the molecule is CCn1n[c]c(C#N)c1OC. The van der Waals surface area contributed by atoms with Gasteiger partial charge in [-0.25, -0.2) is 4.68 Å². The van der Waals surface area contributed by atoms with Gasteiger partial charge in [0.15, 0.2) is 0 Å². The molecular weight excluding hydrogens is 142 g/mol. The summed E-state index contributed by atoms with van der Waals surface area (Å²) in [6.07, 6.45) is 2.55. The van der Waals surface area contributed by atoms with Crippen molar-refractivity contribution in [2.75, 3.05) is 7.11 Å². The molecule has 1 rings (SSSR count). The van der Waals surface area contributed by atoms with Gasteiger partial charge in [-0.05, 0) is 6.92 Å². The van der Waals surface area contributed by atoms with E-state index >= 15 is 0 Å². The molecule has 0 N–H and O–H groups in total. The van der Waals surface area contributed by atoms with E-state index < -0.39 is 0 Å². The van der Waals surface area contributed by atoms with Crippen LogP contribution in [0.15, 0.2) is 0 Å². The molecule has 1 aromatic heterocycles. The molecule has 4 heteroatoms. The Bertz CT molecular complexity index is 284. The van der Waals surface area contributed by atoms with Crippen molar-refractivity contribution < 1.29 is 4.74 Å². The average Bonchev–Trinajstić information content (AvgIpc) is 2.45. The lowest BCUT2D eigenvalue weighted by molar-refractivity contribution is 0.363. The lowest BCUT2D eigenvalue weighted by atomic mass is 10.4. The van der Waals surface area contributed by atoms with Gasteiger partial charge in [0.1, 0.15) is 17.8 Å². The number of rotatable bonds is 2. The fraction of sp³-hybridized carbons (Fsp3) is 0.429. The summed E-state index contributed by atoms with van der Waals surface area (Å²) in [6.45, 7) is 2.60. The minimum atomic E-state index is 0.356. The van der Waals surface area contributed by atoms with Gasteiger partial charge in [-0.15, -0.1) is 0 Å². The molecule has 0 spiro atoms. The van der Waals surface area contributed by atoms with Crippen LogP contribution >= 0.6 is 0 Å². The van der Waals surface area contributed by atoms with E-state index in [1.54, 1.807) is 4.68 Å². The monoisotopic (exact) mass is 150 g/mol. The van der Waals surface area contributed by atoms with E-state index in [4.69, 9.17) is 10.00 Å². The second-order valence-electron chi connectivity index (χ2n) is 1.92. The van der Waals surface area contributed by atoms with Crippen LogP contribution < -0.4 is 4.74 Å². The zero-order valence-electron chi connectivity index (χ0n) is 6.46. The van der Waals surface area contributed by atoms with Gasteiger partial charge in [0.2, 0.25) is 5.88 Å². The summed E-state index contributed by atoms with van der Waals surface area (Å²) in [6, 6.07) is 1.94. The van der Waals surface area contributed by atoms with Crippen LogP contribution in [0.4, 0.5) is 0 Å². The van der Waals surface area contributed by atoms with Gasteiger partial charge >= 0.3 is 0 Å². The minimum absolute atomic E-state index is 0.356. The highest BCUT2D eigenvalue weighted by atomic mass is 16.5. The van der Waals surface area contributed by atoms with Crippen LogP contribution in [0.3, 0.4) is 0 Å². The number of hydrogen-bond donors (Lipinski definition) is 0. The number of hydrogen-bond acceptors (Lipinski definition) is 3. The zero-order valence-corrected chi connectivity index (χ0v) is 6.46. The molecular formula is C7H8N3O. The maximum atomic E-state index is 8.54. The second kappa shape index (κ2) is 3.06. The van der Waals surface area contributed by atoms with E-state index in [1.807, 2.05) is 13.0 Å². The molecule has 57 valence electrons. The highest BCUT2D eigenvalue weighted by Gasteiger charge is 2.08. The quantitative estimate of drug-likeness (QED) is 0.619. The van der Waals surface area contributed by atoms with Crippen LogP contribution in [0.25, 0.3) is 0 Å². The summed E-state index contributed by atoms with van der Waals surface area (Å²) < 4.78 is 6.53. The van der Waals surface area contributed by atoms with Crippen LogP contribution in [0.5, 0.6) is 5.88 Å². The van der Waals surface area contributed by atoms with Gasteiger partial charge in [0, 0.05) is 6.54 Å². The van der Waals surface area contributed by atoms with Crippen molar-refractivity contribution in [2.45, 2.75) is 13.5 Å². The van der Waals surface area contributed by atoms with Gasteiger partial charge in [-0.2, -0.15) is 10.4 Å². The molecule has 1 aromatic rings. The summed E-state index contributed by atoms with van der Waals surface area (Å²) in [7, 11) is 1.51. The van der Waals surface area contributed by atoms with Crippen molar-refractivity contribution in [1.82, 2.24) is 9.78 Å². The lowest BCUT2D eigenvalue weighted by Gasteiger charge is -2.01. The highest BCUT2D eigenvalue weighted by Crippen LogP contribution is 2.14. The number of aromatic nitrogens is 2. The first-order chi connectivity index (χ1) is 5.33. The third-order valence-corrected chi connectivity index (χ3v) is 1.34. The second-order valence-corrected chi connectivity index (χ2v) is 1.92. The fourth-order valence-corrected chi connectivity index (χ4v) is 0.827. The molecule has 1 heterocycles. The smallest absolute Gasteiger partial charge is 0.230 e. The molecule has 0 fully saturated rings. The van der Waals surface area contributed by atoms with E-state index in [0.717, 1.165) is 0 Å². The van der Waals surface area contributed by atoms with E-state index in [-0.39, 0.29) is 0 Å². The maximum absolute atomic E-state index is 8.54. The Hall–Kier alpha value is -1.50. The van der Waals surface area contributed by atoms with Crippen molar-refractivity contribution in [1.29, 1.82) is 5.26 Å². The fourth-order valence-electron chi connectivity index (χ4n) is 0.827. The molecule has 0 saturated heterocycles. The first-order valence-electron chi connectivity index (χ1n) is 3.26. The third-order valence-electron chi connectivity index (χ3n) is 1.34. The molecule has 0 aliphatic carbocycles. The predicted molar refractivity (Wildman–Crippen MR) is 38.0 cm³/mol. The van der Waals surface area contributed by atoms with E-state index in [9.17, 15) is 0 Å². The summed E-state index contributed by atoms with van der Waals surface area (Å²) >= 11 is 0. The normalized spacial score (nSPS) is 9.18. The van der Waals surface area contributed by atoms with E-state index in [2.05, 4.69) is 11.3 Å². The Kier molecular flexibility index (Phi) is 2.12. The van der Waals surface area contributed by atoms with Crippen molar-refractivity contribution in [3.63, 3.8) is 0 Å². The summed E-state index contributed by atoms with van der Waals surface area (Å²) in [5.41, 5.74) is 0.356. The lowest BCUT2D eigenvalue weighted by Crippen LogP contribution is -1.99. The molecule has 0 saturated carbocycles. The predicted octanol–water partition coefficient (Wildman–Crippen LogP) is 0.583. The molecule has 11 heavy (non-hydrogen) atoms.